The molecule has 8 heteroatoms. The van der Waals surface area contributed by atoms with Gasteiger partial charge in [-0.2, -0.15) is 9.78 Å². The summed E-state index contributed by atoms with van der Waals surface area (Å²) >= 11 is 0. The van der Waals surface area contributed by atoms with Crippen LogP contribution in [-0.4, -0.2) is 35.1 Å². The van der Waals surface area contributed by atoms with Gasteiger partial charge < -0.3 is 14.6 Å². The molecular weight excluding hydrogens is 283 g/mol. The molecule has 1 N–H and O–H groups in total. The Hall–Kier alpha value is -2.90. The highest BCUT2D eigenvalue weighted by atomic mass is 19.1. The molecule has 0 fully saturated rings. The fourth-order valence-electron chi connectivity index (χ4n) is 1.72. The van der Waals surface area contributed by atoms with E-state index >= 15 is 0 Å². The van der Waals surface area contributed by atoms with Crippen molar-refractivity contribution >= 4 is 5.97 Å². The first-order valence-corrected chi connectivity index (χ1v) is 5.74. The number of ether oxygens (including phenoxy) is 2. The van der Waals surface area contributed by atoms with Crippen molar-refractivity contribution in [3.05, 3.63) is 46.1 Å². The van der Waals surface area contributed by atoms with Crippen LogP contribution in [-0.2, 0) is 4.74 Å². The third-order valence-electron chi connectivity index (χ3n) is 2.67. The molecule has 2 aromatic rings. The highest BCUT2D eigenvalue weighted by molar-refractivity contribution is 5.89. The van der Waals surface area contributed by atoms with E-state index in [0.29, 0.717) is 4.68 Å². The Labute approximate surface area is 118 Å². The molecule has 0 atom stereocenters. The molecular formula is C13H11FN2O5. The number of esters is 1. The lowest BCUT2D eigenvalue weighted by Crippen LogP contribution is -2.24. The first-order valence-electron chi connectivity index (χ1n) is 5.74. The van der Waals surface area contributed by atoms with E-state index in [1.54, 1.807) is 0 Å². The van der Waals surface area contributed by atoms with Gasteiger partial charge in [-0.3, -0.25) is 4.79 Å². The largest absolute Gasteiger partial charge is 0.505 e. The summed E-state index contributed by atoms with van der Waals surface area (Å²) in [6.07, 6.45) is 0. The minimum Gasteiger partial charge on any atom is -0.505 e. The van der Waals surface area contributed by atoms with Gasteiger partial charge in [-0.1, -0.05) is 6.07 Å². The van der Waals surface area contributed by atoms with Crippen molar-refractivity contribution in [3.63, 3.8) is 0 Å². The van der Waals surface area contributed by atoms with E-state index in [1.807, 2.05) is 0 Å². The smallest absolute Gasteiger partial charge is 0.362 e. The molecule has 0 unspecified atom stereocenters. The van der Waals surface area contributed by atoms with Crippen molar-refractivity contribution in [1.29, 1.82) is 0 Å². The van der Waals surface area contributed by atoms with Gasteiger partial charge in [-0.25, -0.2) is 9.18 Å². The maximum Gasteiger partial charge on any atom is 0.362 e. The minimum atomic E-state index is -0.962. The average molecular weight is 294 g/mol. The van der Waals surface area contributed by atoms with Gasteiger partial charge in [0, 0.05) is 6.07 Å². The molecule has 0 amide bonds. The van der Waals surface area contributed by atoms with E-state index in [-0.39, 0.29) is 11.4 Å². The number of nitrogens with zero attached hydrogens (tertiary/aromatic N) is 2. The number of aromatic nitrogens is 2. The van der Waals surface area contributed by atoms with E-state index in [4.69, 9.17) is 4.74 Å². The molecule has 0 saturated heterocycles. The molecule has 0 saturated carbocycles. The van der Waals surface area contributed by atoms with Gasteiger partial charge in [0.2, 0.25) is 5.69 Å². The molecule has 0 aliphatic rings. The molecule has 0 bridgehead atoms. The van der Waals surface area contributed by atoms with E-state index in [9.17, 15) is 19.1 Å². The van der Waals surface area contributed by atoms with Crippen LogP contribution in [0.1, 0.15) is 10.5 Å². The molecule has 21 heavy (non-hydrogen) atoms. The molecule has 110 valence electrons. The van der Waals surface area contributed by atoms with E-state index in [2.05, 4.69) is 9.84 Å². The number of benzene rings is 1. The summed E-state index contributed by atoms with van der Waals surface area (Å²) in [4.78, 5) is 23.4. The zero-order valence-corrected chi connectivity index (χ0v) is 11.2. The predicted molar refractivity (Wildman–Crippen MR) is 69.3 cm³/mol. The number of halogens is 1. The van der Waals surface area contributed by atoms with Gasteiger partial charge in [0.1, 0.15) is 11.4 Å². The standard InChI is InChI=1S/C13H11FN2O5/c1-20-9-5-3-4-7(14)12(9)16-10(18)6-8(17)11(15-16)13(19)21-2/h3-6,17H,1-2H3. The summed E-state index contributed by atoms with van der Waals surface area (Å²) in [7, 11) is 2.38. The maximum absolute atomic E-state index is 14.0. The second kappa shape index (κ2) is 5.61. The van der Waals surface area contributed by atoms with Crippen molar-refractivity contribution in [3.8, 4) is 17.2 Å². The summed E-state index contributed by atoms with van der Waals surface area (Å²) in [6, 6.07) is 4.67. The molecule has 1 heterocycles. The first kappa shape index (κ1) is 14.5. The van der Waals surface area contributed by atoms with E-state index in [0.717, 1.165) is 19.2 Å². The highest BCUT2D eigenvalue weighted by Crippen LogP contribution is 2.24. The monoisotopic (exact) mass is 294 g/mol. The second-order valence-electron chi connectivity index (χ2n) is 3.91. The summed E-state index contributed by atoms with van der Waals surface area (Å²) in [5.41, 5.74) is -1.61. The fraction of sp³-hybridized carbons (Fsp3) is 0.154. The molecule has 0 spiro atoms. The number of carbonyl (C=O) groups excluding carboxylic acids is 1. The lowest BCUT2D eigenvalue weighted by molar-refractivity contribution is 0.0587. The number of carbonyl (C=O) groups is 1. The number of para-hydroxylation sites is 1. The van der Waals surface area contributed by atoms with Crippen LogP contribution in [0, 0.1) is 5.82 Å². The molecule has 1 aromatic carbocycles. The normalized spacial score (nSPS) is 10.2. The fourth-order valence-corrected chi connectivity index (χ4v) is 1.72. The Kier molecular flexibility index (Phi) is 3.88. The van der Waals surface area contributed by atoms with Crippen molar-refractivity contribution < 1.29 is 23.8 Å². The zero-order valence-electron chi connectivity index (χ0n) is 11.2. The molecule has 0 aliphatic carbocycles. The maximum atomic E-state index is 14.0. The van der Waals surface area contributed by atoms with E-state index in [1.165, 1.54) is 19.2 Å². The molecule has 1 aromatic heterocycles. The lowest BCUT2D eigenvalue weighted by Gasteiger charge is -2.11. The van der Waals surface area contributed by atoms with Gasteiger partial charge in [-0.15, -0.1) is 0 Å². The Morgan fingerprint density at radius 3 is 2.71 bits per heavy atom. The quantitative estimate of drug-likeness (QED) is 0.845. The molecule has 0 aliphatic heterocycles. The van der Waals surface area contributed by atoms with Crippen molar-refractivity contribution in [2.24, 2.45) is 0 Å². The summed E-state index contributed by atoms with van der Waals surface area (Å²) in [5, 5.41) is 13.2. The van der Waals surface area contributed by atoms with Gasteiger partial charge in [-0.05, 0) is 12.1 Å². The van der Waals surface area contributed by atoms with Crippen LogP contribution in [0.25, 0.3) is 5.69 Å². The van der Waals surface area contributed by atoms with Crippen LogP contribution >= 0.6 is 0 Å². The average Bonchev–Trinajstić information content (AvgIpc) is 2.47. The lowest BCUT2D eigenvalue weighted by atomic mass is 10.2. The molecule has 0 radical (unpaired) electrons. The Morgan fingerprint density at radius 2 is 2.10 bits per heavy atom. The molecule has 7 nitrogen and oxygen atoms in total. The Balaban J connectivity index is 2.76. The Bertz CT molecular complexity index is 757. The first-order chi connectivity index (χ1) is 9.99. The van der Waals surface area contributed by atoms with Gasteiger partial charge >= 0.3 is 5.97 Å². The summed E-state index contributed by atoms with van der Waals surface area (Å²) < 4.78 is 24.0. The second-order valence-corrected chi connectivity index (χ2v) is 3.91. The van der Waals surface area contributed by atoms with E-state index < -0.39 is 28.8 Å². The number of hydrogen-bond acceptors (Lipinski definition) is 6. The van der Waals surface area contributed by atoms with Gasteiger partial charge in [0.15, 0.2) is 11.6 Å². The number of aromatic hydroxyl groups is 1. The number of methoxy groups -OCH3 is 2. The van der Waals surface area contributed by atoms with Gasteiger partial charge in [0.05, 0.1) is 14.2 Å². The van der Waals surface area contributed by atoms with Crippen LogP contribution in [0.4, 0.5) is 4.39 Å². The SMILES string of the molecule is COC(=O)c1nn(-c2c(F)cccc2OC)c(=O)cc1O. The number of rotatable bonds is 3. The Morgan fingerprint density at radius 1 is 1.38 bits per heavy atom. The third kappa shape index (κ3) is 2.55. The van der Waals surface area contributed by atoms with Crippen molar-refractivity contribution in [1.82, 2.24) is 9.78 Å². The highest BCUT2D eigenvalue weighted by Gasteiger charge is 2.20. The van der Waals surface area contributed by atoms with Crippen LogP contribution in [0.2, 0.25) is 0 Å². The van der Waals surface area contributed by atoms with Crippen molar-refractivity contribution in [2.45, 2.75) is 0 Å². The zero-order chi connectivity index (χ0) is 15.6. The minimum absolute atomic E-state index is 0.0473. The van der Waals surface area contributed by atoms with Crippen LogP contribution < -0.4 is 10.3 Å². The summed E-state index contributed by atoms with van der Waals surface area (Å²) in [5.74, 6) is -2.34. The summed E-state index contributed by atoms with van der Waals surface area (Å²) in [6.45, 7) is 0. The molecule has 2 rings (SSSR count). The number of hydrogen-bond donors (Lipinski definition) is 1. The van der Waals surface area contributed by atoms with Crippen molar-refractivity contribution in [2.75, 3.05) is 14.2 Å². The topological polar surface area (TPSA) is 90.6 Å². The van der Waals surface area contributed by atoms with Crippen LogP contribution in [0.3, 0.4) is 0 Å². The predicted octanol–water partition coefficient (Wildman–Crippen LogP) is 0.872. The van der Waals surface area contributed by atoms with Crippen LogP contribution in [0.5, 0.6) is 11.5 Å². The van der Waals surface area contributed by atoms with Crippen LogP contribution in [0.15, 0.2) is 29.1 Å². The third-order valence-corrected chi connectivity index (χ3v) is 2.67. The van der Waals surface area contributed by atoms with Gasteiger partial charge in [0.25, 0.3) is 5.56 Å².